The van der Waals surface area contributed by atoms with Gasteiger partial charge in [-0.1, -0.05) is 31.5 Å². The highest BCUT2D eigenvalue weighted by atomic mass is 32.2. The van der Waals surface area contributed by atoms with Gasteiger partial charge in [-0.3, -0.25) is 4.79 Å². The lowest BCUT2D eigenvalue weighted by molar-refractivity contribution is -0.121. The lowest BCUT2D eigenvalue weighted by Crippen LogP contribution is -2.44. The number of benzene rings is 1. The van der Waals surface area contributed by atoms with Crippen LogP contribution in [-0.4, -0.2) is 39.1 Å². The number of carbonyl (C=O) groups excluding carboxylic acids is 1. The molecule has 146 valence electrons. The molecule has 0 bridgehead atoms. The van der Waals surface area contributed by atoms with Crippen LogP contribution in [0.4, 0.5) is 0 Å². The van der Waals surface area contributed by atoms with Gasteiger partial charge in [0.25, 0.3) is 0 Å². The SMILES string of the molecule is COc1ccc(-c2nnc(S[C@H](C)C(=O)N[C@@H]3CCCC[C@@H]3C)n2C)cc1. The summed E-state index contributed by atoms with van der Waals surface area (Å²) in [6, 6.07) is 8.01. The summed E-state index contributed by atoms with van der Waals surface area (Å²) in [6.07, 6.45) is 4.74. The first kappa shape index (κ1) is 19.7. The molecule has 1 amide bonds. The molecule has 1 heterocycles. The van der Waals surface area contributed by atoms with E-state index in [9.17, 15) is 4.79 Å². The average Bonchev–Trinajstić information content (AvgIpc) is 3.04. The lowest BCUT2D eigenvalue weighted by atomic mass is 9.86. The molecule has 2 aromatic rings. The molecule has 1 saturated carbocycles. The zero-order valence-corrected chi connectivity index (χ0v) is 17.3. The second-order valence-corrected chi connectivity index (χ2v) is 8.54. The molecule has 0 aliphatic heterocycles. The second kappa shape index (κ2) is 8.78. The van der Waals surface area contributed by atoms with Crippen molar-refractivity contribution in [2.24, 2.45) is 13.0 Å². The fourth-order valence-electron chi connectivity index (χ4n) is 3.45. The van der Waals surface area contributed by atoms with Gasteiger partial charge < -0.3 is 14.6 Å². The Kier molecular flexibility index (Phi) is 6.42. The van der Waals surface area contributed by atoms with E-state index in [1.807, 2.05) is 42.8 Å². The molecule has 0 saturated heterocycles. The van der Waals surface area contributed by atoms with Crippen molar-refractivity contribution in [3.8, 4) is 17.1 Å². The summed E-state index contributed by atoms with van der Waals surface area (Å²) in [5.41, 5.74) is 0.964. The number of nitrogens with one attached hydrogen (secondary N) is 1. The standard InChI is InChI=1S/C20H28N4O2S/c1-13-7-5-6-8-17(13)21-19(25)14(2)27-20-23-22-18(24(20)3)15-9-11-16(26-4)12-10-15/h9-14,17H,5-8H2,1-4H3,(H,21,25)/t13-,14+,17+/m0/s1. The topological polar surface area (TPSA) is 69.0 Å². The van der Waals surface area contributed by atoms with Crippen LogP contribution in [0.5, 0.6) is 5.75 Å². The largest absolute Gasteiger partial charge is 0.497 e. The number of carbonyl (C=O) groups is 1. The van der Waals surface area contributed by atoms with Crippen LogP contribution >= 0.6 is 11.8 Å². The van der Waals surface area contributed by atoms with E-state index in [0.717, 1.165) is 28.7 Å². The molecule has 1 aliphatic rings. The number of thioether (sulfide) groups is 1. The van der Waals surface area contributed by atoms with Crippen molar-refractivity contribution in [2.45, 2.75) is 56.0 Å². The number of hydrogen-bond acceptors (Lipinski definition) is 5. The van der Waals surface area contributed by atoms with Gasteiger partial charge in [-0.05, 0) is 49.9 Å². The number of aromatic nitrogens is 3. The summed E-state index contributed by atoms with van der Waals surface area (Å²) in [6.45, 7) is 4.15. The summed E-state index contributed by atoms with van der Waals surface area (Å²) >= 11 is 1.44. The molecule has 3 atom stereocenters. The molecule has 0 spiro atoms. The van der Waals surface area contributed by atoms with Crippen LogP contribution in [0.25, 0.3) is 11.4 Å². The van der Waals surface area contributed by atoms with Crippen molar-refractivity contribution < 1.29 is 9.53 Å². The summed E-state index contributed by atoms with van der Waals surface area (Å²) in [5.74, 6) is 2.20. The molecule has 1 aromatic carbocycles. The van der Waals surface area contributed by atoms with E-state index in [0.29, 0.717) is 12.0 Å². The number of methoxy groups -OCH3 is 1. The molecule has 27 heavy (non-hydrogen) atoms. The minimum Gasteiger partial charge on any atom is -0.497 e. The Bertz CT molecular complexity index is 775. The van der Waals surface area contributed by atoms with Crippen LogP contribution in [0.3, 0.4) is 0 Å². The van der Waals surface area contributed by atoms with Gasteiger partial charge in [0.1, 0.15) is 5.75 Å². The van der Waals surface area contributed by atoms with Crippen molar-refractivity contribution in [1.82, 2.24) is 20.1 Å². The molecule has 1 fully saturated rings. The van der Waals surface area contributed by atoms with Gasteiger partial charge in [-0.25, -0.2) is 0 Å². The zero-order valence-electron chi connectivity index (χ0n) is 16.4. The first-order valence-electron chi connectivity index (χ1n) is 9.50. The highest BCUT2D eigenvalue weighted by Crippen LogP contribution is 2.28. The minimum absolute atomic E-state index is 0.0766. The van der Waals surface area contributed by atoms with Crippen LogP contribution in [-0.2, 0) is 11.8 Å². The quantitative estimate of drug-likeness (QED) is 0.765. The summed E-state index contributed by atoms with van der Waals surface area (Å²) in [7, 11) is 3.57. The first-order valence-corrected chi connectivity index (χ1v) is 10.4. The molecule has 1 aromatic heterocycles. The van der Waals surface area contributed by atoms with Crippen molar-refractivity contribution in [1.29, 1.82) is 0 Å². The highest BCUT2D eigenvalue weighted by Gasteiger charge is 2.26. The van der Waals surface area contributed by atoms with Crippen molar-refractivity contribution in [3.05, 3.63) is 24.3 Å². The van der Waals surface area contributed by atoms with Crippen LogP contribution in [0.15, 0.2) is 29.4 Å². The number of amides is 1. The van der Waals surface area contributed by atoms with Gasteiger partial charge in [-0.15, -0.1) is 10.2 Å². The molecule has 7 heteroatoms. The summed E-state index contributed by atoms with van der Waals surface area (Å²) < 4.78 is 7.13. The van der Waals surface area contributed by atoms with E-state index in [1.165, 1.54) is 31.0 Å². The maximum atomic E-state index is 12.6. The second-order valence-electron chi connectivity index (χ2n) is 7.23. The fourth-order valence-corrected chi connectivity index (χ4v) is 4.28. The lowest BCUT2D eigenvalue weighted by Gasteiger charge is -2.30. The molecular formula is C20H28N4O2S. The Hall–Kier alpha value is -2.02. The average molecular weight is 389 g/mol. The van der Waals surface area contributed by atoms with Crippen molar-refractivity contribution in [2.75, 3.05) is 7.11 Å². The smallest absolute Gasteiger partial charge is 0.233 e. The third-order valence-electron chi connectivity index (χ3n) is 5.27. The van der Waals surface area contributed by atoms with Crippen LogP contribution in [0.1, 0.15) is 39.5 Å². The predicted molar refractivity (Wildman–Crippen MR) is 108 cm³/mol. The number of rotatable bonds is 6. The molecule has 0 radical (unpaired) electrons. The van der Waals surface area contributed by atoms with E-state index in [-0.39, 0.29) is 11.2 Å². The molecule has 1 N–H and O–H groups in total. The van der Waals surface area contributed by atoms with Crippen molar-refractivity contribution in [3.63, 3.8) is 0 Å². The van der Waals surface area contributed by atoms with E-state index < -0.39 is 0 Å². The van der Waals surface area contributed by atoms with Gasteiger partial charge >= 0.3 is 0 Å². The Labute approximate surface area is 165 Å². The van der Waals surface area contributed by atoms with E-state index in [4.69, 9.17) is 4.74 Å². The minimum atomic E-state index is -0.217. The number of hydrogen-bond donors (Lipinski definition) is 1. The molecule has 1 aliphatic carbocycles. The monoisotopic (exact) mass is 388 g/mol. The van der Waals surface area contributed by atoms with Crippen molar-refractivity contribution >= 4 is 17.7 Å². The molecule has 6 nitrogen and oxygen atoms in total. The Morgan fingerprint density at radius 1 is 1.26 bits per heavy atom. The van der Waals surface area contributed by atoms with E-state index >= 15 is 0 Å². The normalized spacial score (nSPS) is 20.9. The zero-order chi connectivity index (χ0) is 19.4. The van der Waals surface area contributed by atoms with Gasteiger partial charge in [-0.2, -0.15) is 0 Å². The van der Waals surface area contributed by atoms with E-state index in [1.54, 1.807) is 7.11 Å². The molecular weight excluding hydrogens is 360 g/mol. The third kappa shape index (κ3) is 4.64. The van der Waals surface area contributed by atoms with Gasteiger partial charge in [0.2, 0.25) is 5.91 Å². The molecule has 3 rings (SSSR count). The fraction of sp³-hybridized carbons (Fsp3) is 0.550. The van der Waals surface area contributed by atoms with E-state index in [2.05, 4.69) is 22.4 Å². The Morgan fingerprint density at radius 2 is 1.96 bits per heavy atom. The molecule has 0 unspecified atom stereocenters. The number of nitrogens with zero attached hydrogens (tertiary/aromatic N) is 3. The Balaban J connectivity index is 1.64. The predicted octanol–water partition coefficient (Wildman–Crippen LogP) is 3.67. The van der Waals surface area contributed by atoms with Crippen LogP contribution in [0.2, 0.25) is 0 Å². The highest BCUT2D eigenvalue weighted by molar-refractivity contribution is 8.00. The van der Waals surface area contributed by atoms with Crippen LogP contribution < -0.4 is 10.1 Å². The third-order valence-corrected chi connectivity index (χ3v) is 6.41. The van der Waals surface area contributed by atoms with Gasteiger partial charge in [0.15, 0.2) is 11.0 Å². The first-order chi connectivity index (χ1) is 13.0. The summed E-state index contributed by atoms with van der Waals surface area (Å²) in [5, 5.41) is 12.3. The van der Waals surface area contributed by atoms with Gasteiger partial charge in [0, 0.05) is 18.7 Å². The number of ether oxygens (including phenoxy) is 1. The maximum absolute atomic E-state index is 12.6. The maximum Gasteiger partial charge on any atom is 0.233 e. The summed E-state index contributed by atoms with van der Waals surface area (Å²) in [4.78, 5) is 12.6. The Morgan fingerprint density at radius 3 is 2.63 bits per heavy atom. The van der Waals surface area contributed by atoms with Gasteiger partial charge in [0.05, 0.1) is 12.4 Å². The van der Waals surface area contributed by atoms with Crippen LogP contribution in [0, 0.1) is 5.92 Å².